The molecule has 0 atom stereocenters. The molecule has 1 aromatic heterocycles. The van der Waals surface area contributed by atoms with Gasteiger partial charge in [-0.25, -0.2) is 0 Å². The van der Waals surface area contributed by atoms with Gasteiger partial charge in [0.1, 0.15) is 5.75 Å². The molecular formula is C15H20N2O2S2. The van der Waals surface area contributed by atoms with E-state index in [-0.39, 0.29) is 5.91 Å². The van der Waals surface area contributed by atoms with E-state index in [1.165, 1.54) is 0 Å². The highest BCUT2D eigenvalue weighted by molar-refractivity contribution is 7.98. The van der Waals surface area contributed by atoms with Crippen molar-refractivity contribution >= 4 is 39.2 Å². The molecule has 114 valence electrons. The Bertz CT molecular complexity index is 689. The zero-order valence-electron chi connectivity index (χ0n) is 12.6. The first-order valence-corrected chi connectivity index (χ1v) is 9.23. The summed E-state index contributed by atoms with van der Waals surface area (Å²) in [5.74, 6) is 1.77. The third-order valence-corrected chi connectivity index (χ3v) is 4.64. The minimum absolute atomic E-state index is 0.0792. The number of carbonyl (C=O) groups is 1. The van der Waals surface area contributed by atoms with Gasteiger partial charge in [0.05, 0.1) is 16.8 Å². The molecule has 0 aliphatic heterocycles. The lowest BCUT2D eigenvalue weighted by atomic mass is 10.3. The van der Waals surface area contributed by atoms with Gasteiger partial charge in [-0.1, -0.05) is 18.3 Å². The molecule has 0 unspecified atom stereocenters. The Morgan fingerprint density at radius 3 is 2.90 bits per heavy atom. The first-order chi connectivity index (χ1) is 10.2. The maximum atomic E-state index is 11.7. The Morgan fingerprint density at radius 2 is 2.24 bits per heavy atom. The van der Waals surface area contributed by atoms with E-state index in [1.807, 2.05) is 32.0 Å². The van der Waals surface area contributed by atoms with Crippen molar-refractivity contribution in [2.75, 3.05) is 18.6 Å². The second kappa shape index (κ2) is 7.66. The van der Waals surface area contributed by atoms with Crippen LogP contribution in [-0.2, 0) is 11.3 Å². The number of benzene rings is 1. The van der Waals surface area contributed by atoms with Crippen molar-refractivity contribution in [1.29, 1.82) is 0 Å². The number of ether oxygens (including phenoxy) is 1. The lowest BCUT2D eigenvalue weighted by Gasteiger charge is -2.05. The van der Waals surface area contributed by atoms with E-state index in [1.54, 1.807) is 23.1 Å². The molecule has 0 N–H and O–H groups in total. The van der Waals surface area contributed by atoms with E-state index < -0.39 is 0 Å². The van der Waals surface area contributed by atoms with Gasteiger partial charge in [0.15, 0.2) is 4.80 Å². The molecule has 1 heterocycles. The number of nitrogens with zero attached hydrogens (tertiary/aromatic N) is 2. The summed E-state index contributed by atoms with van der Waals surface area (Å²) in [4.78, 5) is 16.7. The molecule has 0 bridgehead atoms. The molecule has 4 nitrogen and oxygen atoms in total. The number of thiazole rings is 1. The van der Waals surface area contributed by atoms with Crippen LogP contribution >= 0.6 is 23.1 Å². The summed E-state index contributed by atoms with van der Waals surface area (Å²) < 4.78 is 8.77. The summed E-state index contributed by atoms with van der Waals surface area (Å²) in [7, 11) is 0. The topological polar surface area (TPSA) is 43.6 Å². The van der Waals surface area contributed by atoms with Gasteiger partial charge in [0.2, 0.25) is 5.91 Å². The van der Waals surface area contributed by atoms with Gasteiger partial charge in [-0.3, -0.25) is 4.79 Å². The number of fused-ring (bicyclic) bond motifs is 1. The van der Waals surface area contributed by atoms with Crippen LogP contribution in [0.3, 0.4) is 0 Å². The number of hydrogen-bond donors (Lipinski definition) is 0. The zero-order valence-corrected chi connectivity index (χ0v) is 14.2. The number of hydrogen-bond acceptors (Lipinski definition) is 4. The third kappa shape index (κ3) is 3.89. The smallest absolute Gasteiger partial charge is 0.248 e. The van der Waals surface area contributed by atoms with Gasteiger partial charge < -0.3 is 9.30 Å². The fourth-order valence-electron chi connectivity index (χ4n) is 1.98. The minimum Gasteiger partial charge on any atom is -0.494 e. The average Bonchev–Trinajstić information content (AvgIpc) is 2.81. The third-order valence-electron chi connectivity index (χ3n) is 3.01. The van der Waals surface area contributed by atoms with E-state index in [9.17, 15) is 4.79 Å². The number of carbonyl (C=O) groups excluding carboxylic acids is 1. The molecule has 0 radical (unpaired) electrons. The first-order valence-electron chi connectivity index (χ1n) is 7.02. The highest BCUT2D eigenvalue weighted by atomic mass is 32.2. The Kier molecular flexibility index (Phi) is 5.87. The van der Waals surface area contributed by atoms with E-state index in [0.29, 0.717) is 13.0 Å². The lowest BCUT2D eigenvalue weighted by molar-refractivity contribution is -0.117. The molecule has 0 spiro atoms. The van der Waals surface area contributed by atoms with Crippen molar-refractivity contribution in [3.8, 4) is 5.75 Å². The summed E-state index contributed by atoms with van der Waals surface area (Å²) in [6, 6.07) is 6.04. The summed E-state index contributed by atoms with van der Waals surface area (Å²) in [5.41, 5.74) is 1.11. The van der Waals surface area contributed by atoms with Gasteiger partial charge in [-0.05, 0) is 31.4 Å². The molecule has 0 aliphatic carbocycles. The van der Waals surface area contributed by atoms with Crippen molar-refractivity contribution < 1.29 is 9.53 Å². The summed E-state index contributed by atoms with van der Waals surface area (Å²) >= 11 is 3.33. The Morgan fingerprint density at radius 1 is 1.43 bits per heavy atom. The second-order valence-corrected chi connectivity index (χ2v) is 6.45. The fourth-order valence-corrected chi connectivity index (χ4v) is 3.45. The maximum Gasteiger partial charge on any atom is 0.248 e. The van der Waals surface area contributed by atoms with Gasteiger partial charge in [0.25, 0.3) is 0 Å². The predicted octanol–water partition coefficient (Wildman–Crippen LogP) is 3.30. The number of aromatic nitrogens is 1. The Balaban J connectivity index is 2.54. The second-order valence-electron chi connectivity index (χ2n) is 4.45. The number of amides is 1. The Hall–Kier alpha value is -1.27. The Labute approximate surface area is 132 Å². The van der Waals surface area contributed by atoms with Crippen molar-refractivity contribution in [2.45, 2.75) is 26.8 Å². The summed E-state index contributed by atoms with van der Waals surface area (Å²) in [6.45, 7) is 5.30. The molecular weight excluding hydrogens is 304 g/mol. The number of thioether (sulfide) groups is 1. The zero-order chi connectivity index (χ0) is 15.2. The van der Waals surface area contributed by atoms with Crippen LogP contribution in [0, 0.1) is 0 Å². The molecule has 21 heavy (non-hydrogen) atoms. The van der Waals surface area contributed by atoms with Gasteiger partial charge in [-0.2, -0.15) is 16.8 Å². The molecule has 0 aliphatic rings. The van der Waals surface area contributed by atoms with E-state index in [2.05, 4.69) is 15.8 Å². The van der Waals surface area contributed by atoms with E-state index in [4.69, 9.17) is 4.74 Å². The summed E-state index contributed by atoms with van der Waals surface area (Å²) in [6.07, 6.45) is 2.51. The SMILES string of the molecule is CCOc1ccc2c(c1)sc(=NC(=O)CC)n2CCSC. The number of aryl methyl sites for hydroxylation is 1. The fraction of sp³-hybridized carbons (Fsp3) is 0.467. The molecule has 6 heteroatoms. The molecule has 0 saturated carbocycles. The van der Waals surface area contributed by atoms with Crippen LogP contribution in [0.2, 0.25) is 0 Å². The van der Waals surface area contributed by atoms with Crippen LogP contribution in [0.25, 0.3) is 10.2 Å². The van der Waals surface area contributed by atoms with Crippen LogP contribution in [0.4, 0.5) is 0 Å². The largest absolute Gasteiger partial charge is 0.494 e. The van der Waals surface area contributed by atoms with Crippen LogP contribution in [0.15, 0.2) is 23.2 Å². The van der Waals surface area contributed by atoms with Crippen molar-refractivity contribution in [1.82, 2.24) is 4.57 Å². The molecule has 0 fully saturated rings. The van der Waals surface area contributed by atoms with Crippen molar-refractivity contribution in [2.24, 2.45) is 4.99 Å². The highest BCUT2D eigenvalue weighted by Gasteiger charge is 2.08. The van der Waals surface area contributed by atoms with E-state index >= 15 is 0 Å². The van der Waals surface area contributed by atoms with Crippen LogP contribution in [-0.4, -0.2) is 29.1 Å². The molecule has 2 rings (SSSR count). The lowest BCUT2D eigenvalue weighted by Crippen LogP contribution is -2.17. The van der Waals surface area contributed by atoms with Crippen LogP contribution in [0.5, 0.6) is 5.75 Å². The van der Waals surface area contributed by atoms with Crippen LogP contribution < -0.4 is 9.54 Å². The highest BCUT2D eigenvalue weighted by Crippen LogP contribution is 2.23. The maximum absolute atomic E-state index is 11.7. The molecule has 1 amide bonds. The quantitative estimate of drug-likeness (QED) is 0.819. The summed E-state index contributed by atoms with van der Waals surface area (Å²) in [5, 5.41) is 0. The van der Waals surface area contributed by atoms with Gasteiger partial charge in [-0.15, -0.1) is 0 Å². The molecule has 1 aromatic carbocycles. The average molecular weight is 324 g/mol. The van der Waals surface area contributed by atoms with Gasteiger partial charge in [0, 0.05) is 18.7 Å². The molecule has 2 aromatic rings. The first kappa shape index (κ1) is 16.1. The molecule has 0 saturated heterocycles. The van der Waals surface area contributed by atoms with Gasteiger partial charge >= 0.3 is 0 Å². The normalized spacial score (nSPS) is 12.0. The number of rotatable bonds is 6. The predicted molar refractivity (Wildman–Crippen MR) is 90.2 cm³/mol. The van der Waals surface area contributed by atoms with Crippen LogP contribution in [0.1, 0.15) is 20.3 Å². The minimum atomic E-state index is -0.0792. The monoisotopic (exact) mass is 324 g/mol. The standard InChI is InChI=1S/C15H20N2O2S2/c1-4-14(18)16-15-17(8-9-20-3)12-7-6-11(19-5-2)10-13(12)21-15/h6-7,10H,4-5,8-9H2,1-3H3. The van der Waals surface area contributed by atoms with Crippen molar-refractivity contribution in [3.05, 3.63) is 23.0 Å². The van der Waals surface area contributed by atoms with Crippen molar-refractivity contribution in [3.63, 3.8) is 0 Å². The van der Waals surface area contributed by atoms with E-state index in [0.717, 1.165) is 33.1 Å².